The highest BCUT2D eigenvalue weighted by molar-refractivity contribution is 6.30. The van der Waals surface area contributed by atoms with Crippen molar-refractivity contribution in [2.45, 2.75) is 32.2 Å². The molecule has 0 radical (unpaired) electrons. The molecule has 0 saturated heterocycles. The lowest BCUT2D eigenvalue weighted by Gasteiger charge is -2.05. The molecule has 4 nitrogen and oxygen atoms in total. The first-order valence-corrected chi connectivity index (χ1v) is 7.45. The highest BCUT2D eigenvalue weighted by Crippen LogP contribution is 2.22. The Morgan fingerprint density at radius 1 is 1.29 bits per heavy atom. The number of allylic oxidation sites excluding steroid dienone is 1. The Morgan fingerprint density at radius 2 is 2.19 bits per heavy atom. The summed E-state index contributed by atoms with van der Waals surface area (Å²) < 4.78 is 2.08. The van der Waals surface area contributed by atoms with Crippen molar-refractivity contribution in [3.8, 4) is 6.07 Å². The highest BCUT2D eigenvalue weighted by atomic mass is 35.5. The molecule has 2 aromatic rings. The molecule has 1 aromatic heterocycles. The molecule has 2 heterocycles. The van der Waals surface area contributed by atoms with Gasteiger partial charge in [0, 0.05) is 18.0 Å². The molecule has 21 heavy (non-hydrogen) atoms. The number of aryl methyl sites for hydroxylation is 1. The molecule has 5 heteroatoms. The van der Waals surface area contributed by atoms with Crippen LogP contribution in [0.4, 0.5) is 0 Å². The van der Waals surface area contributed by atoms with Crippen molar-refractivity contribution in [1.82, 2.24) is 14.8 Å². The molecule has 1 aliphatic heterocycles. The third-order valence-electron chi connectivity index (χ3n) is 3.63. The van der Waals surface area contributed by atoms with E-state index in [4.69, 9.17) is 11.6 Å². The second kappa shape index (κ2) is 6.11. The SMILES string of the molecule is N#C/C(=C\c1cccc(Cl)c1)c1nnc2n1CCCCC2. The van der Waals surface area contributed by atoms with E-state index < -0.39 is 0 Å². The second-order valence-electron chi connectivity index (χ2n) is 5.13. The fraction of sp³-hybridized carbons (Fsp3) is 0.312. The zero-order valence-corrected chi connectivity index (χ0v) is 12.3. The smallest absolute Gasteiger partial charge is 0.174 e. The van der Waals surface area contributed by atoms with E-state index in [-0.39, 0.29) is 0 Å². The first kappa shape index (κ1) is 13.8. The zero-order chi connectivity index (χ0) is 14.7. The Kier molecular flexibility index (Phi) is 4.03. The number of nitriles is 1. The maximum Gasteiger partial charge on any atom is 0.174 e. The van der Waals surface area contributed by atoms with Crippen LogP contribution in [0.1, 0.15) is 36.5 Å². The summed E-state index contributed by atoms with van der Waals surface area (Å²) in [5, 5.41) is 18.6. The number of hydrogen-bond acceptors (Lipinski definition) is 3. The van der Waals surface area contributed by atoms with Crippen LogP contribution in [0.3, 0.4) is 0 Å². The molecule has 106 valence electrons. The van der Waals surface area contributed by atoms with Crippen molar-refractivity contribution in [2.75, 3.05) is 0 Å². The minimum Gasteiger partial charge on any atom is -0.310 e. The van der Waals surface area contributed by atoms with Gasteiger partial charge in [-0.1, -0.05) is 30.2 Å². The van der Waals surface area contributed by atoms with E-state index in [2.05, 4.69) is 20.8 Å². The van der Waals surface area contributed by atoms with Gasteiger partial charge in [0.1, 0.15) is 11.9 Å². The molecule has 0 amide bonds. The van der Waals surface area contributed by atoms with Gasteiger partial charge >= 0.3 is 0 Å². The minimum absolute atomic E-state index is 0.526. The normalized spacial score (nSPS) is 15.1. The molecule has 0 fully saturated rings. The van der Waals surface area contributed by atoms with Crippen molar-refractivity contribution in [3.05, 3.63) is 46.5 Å². The molecular formula is C16H15ClN4. The maximum atomic E-state index is 9.47. The fourth-order valence-corrected chi connectivity index (χ4v) is 2.79. The molecule has 1 aromatic carbocycles. The number of aromatic nitrogens is 3. The standard InChI is InChI=1S/C16H15ClN4/c17-14-6-4-5-12(10-14)9-13(11-18)16-20-19-15-7-2-1-3-8-21(15)16/h4-6,9-10H,1-3,7-8H2/b13-9+. The first-order chi connectivity index (χ1) is 10.3. The average Bonchev–Trinajstić information content (AvgIpc) is 2.73. The third-order valence-corrected chi connectivity index (χ3v) is 3.87. The van der Waals surface area contributed by atoms with Gasteiger partial charge in [-0.15, -0.1) is 10.2 Å². The summed E-state index contributed by atoms with van der Waals surface area (Å²) in [5.74, 6) is 1.64. The Bertz CT molecular complexity index is 724. The quantitative estimate of drug-likeness (QED) is 0.794. The van der Waals surface area contributed by atoms with Crippen LogP contribution >= 0.6 is 11.6 Å². The summed E-state index contributed by atoms with van der Waals surface area (Å²) in [7, 11) is 0. The van der Waals surface area contributed by atoms with Gasteiger partial charge in [0.15, 0.2) is 5.82 Å². The van der Waals surface area contributed by atoms with Gasteiger partial charge in [0.2, 0.25) is 0 Å². The molecular weight excluding hydrogens is 284 g/mol. The lowest BCUT2D eigenvalue weighted by Crippen LogP contribution is -2.05. The predicted molar refractivity (Wildman–Crippen MR) is 82.5 cm³/mol. The molecule has 0 N–H and O–H groups in total. The minimum atomic E-state index is 0.526. The second-order valence-corrected chi connectivity index (χ2v) is 5.56. The predicted octanol–water partition coefficient (Wildman–Crippen LogP) is 3.72. The molecule has 0 bridgehead atoms. The summed E-state index contributed by atoms with van der Waals surface area (Å²) in [6, 6.07) is 9.67. The van der Waals surface area contributed by atoms with Crippen LogP contribution in [0.15, 0.2) is 24.3 Å². The van der Waals surface area contributed by atoms with Gasteiger partial charge < -0.3 is 4.57 Å². The molecule has 0 saturated carbocycles. The van der Waals surface area contributed by atoms with Crippen molar-refractivity contribution in [2.24, 2.45) is 0 Å². The van der Waals surface area contributed by atoms with E-state index in [1.807, 2.05) is 30.3 Å². The molecule has 1 aliphatic rings. The van der Waals surface area contributed by atoms with Crippen molar-refractivity contribution < 1.29 is 0 Å². The Balaban J connectivity index is 2.01. The number of fused-ring (bicyclic) bond motifs is 1. The van der Waals surface area contributed by atoms with Crippen LogP contribution in [0.5, 0.6) is 0 Å². The number of nitrogens with zero attached hydrogens (tertiary/aromatic N) is 4. The fourth-order valence-electron chi connectivity index (χ4n) is 2.59. The van der Waals surface area contributed by atoms with E-state index in [9.17, 15) is 5.26 Å². The van der Waals surface area contributed by atoms with Crippen molar-refractivity contribution in [3.63, 3.8) is 0 Å². The van der Waals surface area contributed by atoms with E-state index in [1.54, 1.807) is 0 Å². The molecule has 0 unspecified atom stereocenters. The summed E-state index contributed by atoms with van der Waals surface area (Å²) in [5.41, 5.74) is 1.42. The summed E-state index contributed by atoms with van der Waals surface area (Å²) >= 11 is 5.99. The molecule has 0 spiro atoms. The van der Waals surface area contributed by atoms with Crippen LogP contribution in [0, 0.1) is 11.3 Å². The number of halogens is 1. The highest BCUT2D eigenvalue weighted by Gasteiger charge is 2.17. The van der Waals surface area contributed by atoms with Crippen molar-refractivity contribution >= 4 is 23.3 Å². The Morgan fingerprint density at radius 3 is 3.00 bits per heavy atom. The van der Waals surface area contributed by atoms with Crippen LogP contribution in [-0.2, 0) is 13.0 Å². The Labute approximate surface area is 128 Å². The van der Waals surface area contributed by atoms with Gasteiger partial charge in [-0.05, 0) is 36.6 Å². The number of benzene rings is 1. The van der Waals surface area contributed by atoms with E-state index in [0.717, 1.165) is 37.2 Å². The molecule has 0 atom stereocenters. The van der Waals surface area contributed by atoms with Crippen LogP contribution in [0.2, 0.25) is 5.02 Å². The topological polar surface area (TPSA) is 54.5 Å². The third kappa shape index (κ3) is 2.98. The van der Waals surface area contributed by atoms with Crippen LogP contribution in [-0.4, -0.2) is 14.8 Å². The van der Waals surface area contributed by atoms with Crippen molar-refractivity contribution in [1.29, 1.82) is 5.26 Å². The van der Waals surface area contributed by atoms with E-state index in [1.165, 1.54) is 6.42 Å². The average molecular weight is 299 g/mol. The first-order valence-electron chi connectivity index (χ1n) is 7.08. The maximum absolute atomic E-state index is 9.47. The number of rotatable bonds is 2. The summed E-state index contributed by atoms with van der Waals surface area (Å²) in [4.78, 5) is 0. The molecule has 0 aliphatic carbocycles. The Hall–Kier alpha value is -2.12. The lowest BCUT2D eigenvalue weighted by molar-refractivity contribution is 0.627. The van der Waals surface area contributed by atoms with Gasteiger partial charge in [-0.3, -0.25) is 0 Å². The number of hydrogen-bond donors (Lipinski definition) is 0. The van der Waals surface area contributed by atoms with Gasteiger partial charge in [0.25, 0.3) is 0 Å². The van der Waals surface area contributed by atoms with Gasteiger partial charge in [0.05, 0.1) is 5.57 Å². The summed E-state index contributed by atoms with van der Waals surface area (Å²) in [6.07, 6.45) is 6.19. The largest absolute Gasteiger partial charge is 0.310 e. The van der Waals surface area contributed by atoms with Crippen LogP contribution in [0.25, 0.3) is 11.6 Å². The van der Waals surface area contributed by atoms with Gasteiger partial charge in [-0.2, -0.15) is 5.26 Å². The summed E-state index contributed by atoms with van der Waals surface area (Å²) in [6.45, 7) is 0.881. The van der Waals surface area contributed by atoms with Crippen LogP contribution < -0.4 is 0 Å². The van der Waals surface area contributed by atoms with E-state index >= 15 is 0 Å². The monoisotopic (exact) mass is 298 g/mol. The van der Waals surface area contributed by atoms with Gasteiger partial charge in [-0.25, -0.2) is 0 Å². The lowest BCUT2D eigenvalue weighted by atomic mass is 10.1. The molecule has 3 rings (SSSR count). The van der Waals surface area contributed by atoms with E-state index in [0.29, 0.717) is 16.4 Å². The zero-order valence-electron chi connectivity index (χ0n) is 11.6.